The van der Waals surface area contributed by atoms with Crippen LogP contribution in [0.1, 0.15) is 20.1 Å². The molecule has 2 heterocycles. The summed E-state index contributed by atoms with van der Waals surface area (Å²) in [6.07, 6.45) is 1.73. The fourth-order valence-electron chi connectivity index (χ4n) is 2.12. The molecular formula is C16H13NO3S. The van der Waals surface area contributed by atoms with Gasteiger partial charge < -0.3 is 9.84 Å². The van der Waals surface area contributed by atoms with Crippen molar-refractivity contribution in [2.24, 2.45) is 0 Å². The van der Waals surface area contributed by atoms with Gasteiger partial charge in [-0.3, -0.25) is 4.98 Å². The number of rotatable bonds is 4. The maximum absolute atomic E-state index is 11.0. The van der Waals surface area contributed by atoms with Crippen LogP contribution in [0.4, 0.5) is 0 Å². The lowest BCUT2D eigenvalue weighted by Gasteiger charge is -2.08. The fourth-order valence-corrected chi connectivity index (χ4v) is 2.98. The summed E-state index contributed by atoms with van der Waals surface area (Å²) < 4.78 is 5.83. The number of aromatic carboxylic acids is 1. The molecule has 1 N–H and O–H groups in total. The van der Waals surface area contributed by atoms with E-state index in [4.69, 9.17) is 9.84 Å². The molecule has 5 heteroatoms. The smallest absolute Gasteiger partial charge is 0.345 e. The van der Waals surface area contributed by atoms with Gasteiger partial charge in [0.1, 0.15) is 22.8 Å². The van der Waals surface area contributed by atoms with Crippen LogP contribution in [0.5, 0.6) is 5.75 Å². The van der Waals surface area contributed by atoms with Crippen LogP contribution in [0, 0.1) is 6.92 Å². The minimum absolute atomic E-state index is 0.335. The van der Waals surface area contributed by atoms with Gasteiger partial charge in [-0.2, -0.15) is 0 Å². The van der Waals surface area contributed by atoms with Crippen LogP contribution in [-0.2, 0) is 6.61 Å². The van der Waals surface area contributed by atoms with Crippen molar-refractivity contribution in [1.82, 2.24) is 4.98 Å². The van der Waals surface area contributed by atoms with Gasteiger partial charge in [0.2, 0.25) is 0 Å². The van der Waals surface area contributed by atoms with Crippen molar-refractivity contribution < 1.29 is 14.6 Å². The molecule has 2 aromatic heterocycles. The number of hydrogen-bond acceptors (Lipinski definition) is 4. The first-order valence-electron chi connectivity index (χ1n) is 6.44. The Labute approximate surface area is 125 Å². The largest absolute Gasteiger partial charge is 0.487 e. The van der Waals surface area contributed by atoms with Gasteiger partial charge in [0.25, 0.3) is 0 Å². The minimum Gasteiger partial charge on any atom is -0.487 e. The molecule has 0 unspecified atom stereocenters. The number of ether oxygens (including phenoxy) is 1. The Morgan fingerprint density at radius 3 is 2.90 bits per heavy atom. The normalized spacial score (nSPS) is 10.7. The summed E-state index contributed by atoms with van der Waals surface area (Å²) >= 11 is 1.27. The number of nitrogens with zero attached hydrogens (tertiary/aromatic N) is 1. The molecule has 0 saturated heterocycles. The molecule has 0 aliphatic carbocycles. The van der Waals surface area contributed by atoms with Crippen molar-refractivity contribution >= 4 is 28.2 Å². The van der Waals surface area contributed by atoms with Gasteiger partial charge in [0.15, 0.2) is 0 Å². The zero-order valence-electron chi connectivity index (χ0n) is 11.4. The lowest BCUT2D eigenvalue weighted by Crippen LogP contribution is -1.97. The summed E-state index contributed by atoms with van der Waals surface area (Å²) in [6, 6.07) is 11.3. The van der Waals surface area contributed by atoms with E-state index in [9.17, 15) is 4.79 Å². The van der Waals surface area contributed by atoms with Crippen molar-refractivity contribution in [3.63, 3.8) is 0 Å². The Morgan fingerprint density at radius 2 is 2.14 bits per heavy atom. The molecular weight excluding hydrogens is 286 g/mol. The molecule has 3 aromatic rings. The van der Waals surface area contributed by atoms with E-state index in [2.05, 4.69) is 4.98 Å². The molecule has 106 valence electrons. The molecule has 0 amide bonds. The molecule has 1 aromatic carbocycles. The van der Waals surface area contributed by atoms with E-state index in [1.54, 1.807) is 12.3 Å². The number of fused-ring (bicyclic) bond motifs is 1. The van der Waals surface area contributed by atoms with Crippen molar-refractivity contribution in [2.75, 3.05) is 0 Å². The molecule has 0 atom stereocenters. The third-order valence-electron chi connectivity index (χ3n) is 3.21. The van der Waals surface area contributed by atoms with E-state index in [0.717, 1.165) is 21.3 Å². The lowest BCUT2D eigenvalue weighted by atomic mass is 10.2. The topological polar surface area (TPSA) is 59.4 Å². The number of para-hydroxylation sites is 1. The van der Waals surface area contributed by atoms with E-state index in [0.29, 0.717) is 17.2 Å². The van der Waals surface area contributed by atoms with Gasteiger partial charge in [0.05, 0.1) is 0 Å². The van der Waals surface area contributed by atoms with E-state index in [-0.39, 0.29) is 0 Å². The number of benzene rings is 1. The first kappa shape index (κ1) is 13.6. The van der Waals surface area contributed by atoms with Crippen LogP contribution < -0.4 is 4.74 Å². The van der Waals surface area contributed by atoms with Crippen LogP contribution in [0.2, 0.25) is 0 Å². The number of carboxylic acid groups (broad SMARTS) is 1. The molecule has 4 nitrogen and oxygen atoms in total. The zero-order valence-corrected chi connectivity index (χ0v) is 12.2. The van der Waals surface area contributed by atoms with E-state index < -0.39 is 5.97 Å². The number of pyridine rings is 1. The number of aryl methyl sites for hydroxylation is 1. The van der Waals surface area contributed by atoms with Gasteiger partial charge in [0, 0.05) is 22.0 Å². The monoisotopic (exact) mass is 299 g/mol. The second kappa shape index (κ2) is 5.54. The van der Waals surface area contributed by atoms with Gasteiger partial charge >= 0.3 is 5.97 Å². The molecule has 0 aliphatic heterocycles. The molecule has 0 aliphatic rings. The molecule has 0 bridgehead atoms. The van der Waals surface area contributed by atoms with Gasteiger partial charge in [-0.1, -0.05) is 18.2 Å². The van der Waals surface area contributed by atoms with Gasteiger partial charge in [-0.15, -0.1) is 11.3 Å². The number of carboxylic acids is 1. The molecule has 0 radical (unpaired) electrons. The second-order valence-electron chi connectivity index (χ2n) is 4.62. The number of hydrogen-bond donors (Lipinski definition) is 1. The molecule has 3 rings (SSSR count). The fraction of sp³-hybridized carbons (Fsp3) is 0.125. The SMILES string of the molecule is Cc1sc(C(=O)O)cc1COc1cccc2cccnc12. The maximum atomic E-state index is 11.0. The van der Waals surface area contributed by atoms with Crippen LogP contribution in [0.25, 0.3) is 10.9 Å². The van der Waals surface area contributed by atoms with E-state index in [1.165, 1.54) is 11.3 Å². The molecule has 21 heavy (non-hydrogen) atoms. The predicted molar refractivity (Wildman–Crippen MR) is 82.1 cm³/mol. The number of carbonyl (C=O) groups is 1. The minimum atomic E-state index is -0.902. The van der Waals surface area contributed by atoms with E-state index >= 15 is 0 Å². The summed E-state index contributed by atoms with van der Waals surface area (Å²) in [7, 11) is 0. The van der Waals surface area contributed by atoms with Gasteiger partial charge in [-0.25, -0.2) is 4.79 Å². The molecule has 0 spiro atoms. The Balaban J connectivity index is 1.85. The van der Waals surface area contributed by atoms with Crippen molar-refractivity contribution in [2.45, 2.75) is 13.5 Å². The van der Waals surface area contributed by atoms with Crippen LogP contribution in [0.15, 0.2) is 42.6 Å². The van der Waals surface area contributed by atoms with E-state index in [1.807, 2.05) is 37.3 Å². The third kappa shape index (κ3) is 2.73. The lowest BCUT2D eigenvalue weighted by molar-refractivity contribution is 0.0702. The summed E-state index contributed by atoms with van der Waals surface area (Å²) in [6.45, 7) is 2.24. The number of aromatic nitrogens is 1. The summed E-state index contributed by atoms with van der Waals surface area (Å²) in [5, 5.41) is 10.0. The summed E-state index contributed by atoms with van der Waals surface area (Å²) in [5.74, 6) is -0.197. The summed E-state index contributed by atoms with van der Waals surface area (Å²) in [5.41, 5.74) is 1.71. The van der Waals surface area contributed by atoms with Crippen molar-refractivity contribution in [3.05, 3.63) is 57.9 Å². The Morgan fingerprint density at radius 1 is 1.33 bits per heavy atom. The molecule has 0 fully saturated rings. The standard InChI is InChI=1S/C16H13NO3S/c1-10-12(8-14(21-10)16(18)19)9-20-13-6-2-4-11-5-3-7-17-15(11)13/h2-8H,9H2,1H3,(H,18,19). The zero-order chi connectivity index (χ0) is 14.8. The average molecular weight is 299 g/mol. The highest BCUT2D eigenvalue weighted by atomic mass is 32.1. The van der Waals surface area contributed by atoms with Crippen molar-refractivity contribution in [1.29, 1.82) is 0 Å². The second-order valence-corrected chi connectivity index (χ2v) is 5.87. The predicted octanol–water partition coefficient (Wildman–Crippen LogP) is 3.88. The quantitative estimate of drug-likeness (QED) is 0.794. The number of thiophene rings is 1. The Bertz CT molecular complexity index is 805. The van der Waals surface area contributed by atoms with Gasteiger partial charge in [-0.05, 0) is 25.1 Å². The van der Waals surface area contributed by atoms with Crippen LogP contribution >= 0.6 is 11.3 Å². The Kier molecular flexibility index (Phi) is 3.58. The third-order valence-corrected chi connectivity index (χ3v) is 4.29. The highest BCUT2D eigenvalue weighted by Gasteiger charge is 2.12. The maximum Gasteiger partial charge on any atom is 0.345 e. The highest BCUT2D eigenvalue weighted by molar-refractivity contribution is 7.14. The highest BCUT2D eigenvalue weighted by Crippen LogP contribution is 2.26. The average Bonchev–Trinajstić information content (AvgIpc) is 2.86. The first-order valence-corrected chi connectivity index (χ1v) is 7.26. The van der Waals surface area contributed by atoms with Crippen LogP contribution in [0.3, 0.4) is 0 Å². The van der Waals surface area contributed by atoms with Crippen LogP contribution in [-0.4, -0.2) is 16.1 Å². The molecule has 0 saturated carbocycles. The Hall–Kier alpha value is -2.40. The first-order chi connectivity index (χ1) is 10.1. The summed E-state index contributed by atoms with van der Waals surface area (Å²) in [4.78, 5) is 16.6. The van der Waals surface area contributed by atoms with Crippen molar-refractivity contribution in [3.8, 4) is 5.75 Å².